The Balaban J connectivity index is 1.75. The summed E-state index contributed by atoms with van der Waals surface area (Å²) >= 11 is 0. The molecule has 3 heterocycles. The molecule has 164 valence electrons. The summed E-state index contributed by atoms with van der Waals surface area (Å²) in [6, 6.07) is 3.50. The van der Waals surface area contributed by atoms with Crippen LogP contribution in [0.4, 0.5) is 11.5 Å². The quantitative estimate of drug-likeness (QED) is 0.121. The number of methoxy groups -OCH3 is 1. The largest absolute Gasteiger partial charge is 0.444 e. The molecule has 6 N–H and O–H groups in total. The van der Waals surface area contributed by atoms with Crippen molar-refractivity contribution in [3.63, 3.8) is 0 Å². The van der Waals surface area contributed by atoms with Gasteiger partial charge in [0.05, 0.1) is 12.3 Å². The number of hydrazone groups is 1. The fraction of sp³-hybridized carbons (Fsp3) is 0.278. The number of pyridine rings is 1. The van der Waals surface area contributed by atoms with E-state index in [1.165, 1.54) is 18.0 Å². The van der Waals surface area contributed by atoms with E-state index in [0.29, 0.717) is 30.2 Å². The number of aromatic nitrogens is 4. The van der Waals surface area contributed by atoms with Crippen LogP contribution in [0.2, 0.25) is 0 Å². The summed E-state index contributed by atoms with van der Waals surface area (Å²) in [6.07, 6.45) is 4.48. The summed E-state index contributed by atoms with van der Waals surface area (Å²) in [7, 11) is 4.83. The first-order valence-electron chi connectivity index (χ1n) is 9.20. The summed E-state index contributed by atoms with van der Waals surface area (Å²) in [6.45, 7) is 1.15. The smallest absolute Gasteiger partial charge is 0.277 e. The van der Waals surface area contributed by atoms with Crippen LogP contribution in [0.25, 0.3) is 11.5 Å². The van der Waals surface area contributed by atoms with E-state index < -0.39 is 5.91 Å². The number of nitrogens with zero attached hydrogens (tertiary/aromatic N) is 6. The number of nitrogens with two attached hydrogens (primary N) is 2. The molecule has 0 unspecified atom stereocenters. The van der Waals surface area contributed by atoms with Crippen molar-refractivity contribution < 1.29 is 13.9 Å². The van der Waals surface area contributed by atoms with E-state index in [2.05, 4.69) is 30.8 Å². The maximum atomic E-state index is 12.7. The van der Waals surface area contributed by atoms with E-state index in [9.17, 15) is 4.79 Å². The number of nitrogens with one attached hydrogen (secondary N) is 2. The van der Waals surface area contributed by atoms with Crippen molar-refractivity contribution in [2.45, 2.75) is 0 Å². The minimum atomic E-state index is -0.495. The number of carbonyl (C=O) groups excluding carboxylic acids is 1. The zero-order chi connectivity index (χ0) is 22.4. The Morgan fingerprint density at radius 1 is 1.45 bits per heavy atom. The number of aryl methyl sites for hydroxylation is 1. The van der Waals surface area contributed by atoms with Gasteiger partial charge < -0.3 is 25.5 Å². The normalized spacial score (nSPS) is 11.4. The molecule has 0 aliphatic heterocycles. The molecule has 0 spiro atoms. The van der Waals surface area contributed by atoms with Crippen LogP contribution in [0.5, 0.6) is 0 Å². The number of hydrogen-bond acceptors (Lipinski definition) is 10. The van der Waals surface area contributed by atoms with Crippen LogP contribution in [0.15, 0.2) is 40.3 Å². The van der Waals surface area contributed by atoms with Gasteiger partial charge in [-0.05, 0) is 12.1 Å². The molecule has 13 nitrogen and oxygen atoms in total. The van der Waals surface area contributed by atoms with Crippen LogP contribution in [-0.4, -0.2) is 63.9 Å². The van der Waals surface area contributed by atoms with Gasteiger partial charge in [-0.25, -0.2) is 20.9 Å². The SMILES string of the molecule is COCCNc1cc(-c2nc(C(=O)Nc3cn(C)nc3/C(N)=N/N(C)N)co2)ccn1. The Morgan fingerprint density at radius 3 is 3.00 bits per heavy atom. The molecule has 0 radical (unpaired) electrons. The molecule has 3 rings (SSSR count). The number of hydrazine groups is 1. The number of carbonyl (C=O) groups is 1. The molecule has 0 atom stereocenters. The predicted molar refractivity (Wildman–Crippen MR) is 114 cm³/mol. The third-order valence-electron chi connectivity index (χ3n) is 3.94. The first kappa shape index (κ1) is 21.7. The summed E-state index contributed by atoms with van der Waals surface area (Å²) in [4.78, 5) is 21.2. The van der Waals surface area contributed by atoms with Crippen molar-refractivity contribution in [2.24, 2.45) is 23.7 Å². The Morgan fingerprint density at radius 2 is 2.26 bits per heavy atom. The average Bonchev–Trinajstić information content (AvgIpc) is 3.35. The third kappa shape index (κ3) is 5.55. The van der Waals surface area contributed by atoms with Gasteiger partial charge in [0.2, 0.25) is 5.89 Å². The number of amidine groups is 1. The highest BCUT2D eigenvalue weighted by Gasteiger charge is 2.19. The lowest BCUT2D eigenvalue weighted by molar-refractivity contribution is 0.102. The third-order valence-corrected chi connectivity index (χ3v) is 3.94. The molecule has 31 heavy (non-hydrogen) atoms. The maximum Gasteiger partial charge on any atom is 0.277 e. The van der Waals surface area contributed by atoms with Gasteiger partial charge in [-0.15, -0.1) is 5.10 Å². The van der Waals surface area contributed by atoms with Crippen molar-refractivity contribution in [1.82, 2.24) is 24.9 Å². The number of hydrogen-bond donors (Lipinski definition) is 4. The monoisotopic (exact) mass is 428 g/mol. The van der Waals surface area contributed by atoms with Crippen LogP contribution in [-0.2, 0) is 11.8 Å². The van der Waals surface area contributed by atoms with Crippen LogP contribution in [0.1, 0.15) is 16.2 Å². The molecule has 0 aliphatic carbocycles. The molecular formula is C18H24N10O3. The molecule has 0 saturated heterocycles. The van der Waals surface area contributed by atoms with Crippen LogP contribution >= 0.6 is 0 Å². The van der Waals surface area contributed by atoms with Gasteiger partial charge in [-0.1, -0.05) is 0 Å². The highest BCUT2D eigenvalue weighted by molar-refractivity contribution is 6.08. The molecule has 0 saturated carbocycles. The second-order valence-electron chi connectivity index (χ2n) is 6.47. The minimum absolute atomic E-state index is 0.0482. The lowest BCUT2D eigenvalue weighted by Gasteiger charge is -2.06. The second kappa shape index (κ2) is 9.69. The van der Waals surface area contributed by atoms with E-state index in [1.54, 1.807) is 38.7 Å². The first-order valence-corrected chi connectivity index (χ1v) is 9.20. The fourth-order valence-electron chi connectivity index (χ4n) is 2.62. The predicted octanol–water partition coefficient (Wildman–Crippen LogP) is 0.207. The average molecular weight is 428 g/mol. The van der Waals surface area contributed by atoms with Crippen molar-refractivity contribution >= 4 is 23.2 Å². The van der Waals surface area contributed by atoms with E-state index in [-0.39, 0.29) is 23.1 Å². The molecule has 0 fully saturated rings. The Bertz CT molecular complexity index is 1070. The maximum absolute atomic E-state index is 12.7. The van der Waals surface area contributed by atoms with Gasteiger partial charge in [0.1, 0.15) is 12.1 Å². The zero-order valence-electron chi connectivity index (χ0n) is 17.4. The molecule has 0 aliphatic rings. The molecular weight excluding hydrogens is 404 g/mol. The summed E-state index contributed by atoms with van der Waals surface area (Å²) in [5.41, 5.74) is 7.29. The Labute approximate surface area is 178 Å². The van der Waals surface area contributed by atoms with Crippen LogP contribution < -0.4 is 22.2 Å². The topological polar surface area (TPSA) is 175 Å². The van der Waals surface area contributed by atoms with E-state index in [4.69, 9.17) is 20.7 Å². The molecule has 3 aromatic rings. The Kier molecular flexibility index (Phi) is 6.79. The van der Waals surface area contributed by atoms with Crippen LogP contribution in [0.3, 0.4) is 0 Å². The van der Waals surface area contributed by atoms with Gasteiger partial charge in [0, 0.05) is 45.7 Å². The van der Waals surface area contributed by atoms with E-state index in [1.807, 2.05) is 0 Å². The van der Waals surface area contributed by atoms with Crippen LogP contribution in [0, 0.1) is 0 Å². The number of amides is 1. The lowest BCUT2D eigenvalue weighted by Crippen LogP contribution is -2.27. The second-order valence-corrected chi connectivity index (χ2v) is 6.47. The van der Waals surface area contributed by atoms with Crippen molar-refractivity contribution in [3.05, 3.63) is 42.2 Å². The molecule has 0 bridgehead atoms. The summed E-state index contributed by atoms with van der Waals surface area (Å²) < 4.78 is 12.0. The Hall–Kier alpha value is -3.97. The fourth-order valence-corrected chi connectivity index (χ4v) is 2.62. The molecule has 3 aromatic heterocycles. The van der Waals surface area contributed by atoms with Gasteiger partial charge in [0.25, 0.3) is 5.91 Å². The van der Waals surface area contributed by atoms with Gasteiger partial charge in [-0.3, -0.25) is 9.48 Å². The van der Waals surface area contributed by atoms with Crippen molar-refractivity contribution in [2.75, 3.05) is 37.9 Å². The summed E-state index contributed by atoms with van der Waals surface area (Å²) in [5.74, 6) is 5.96. The van der Waals surface area contributed by atoms with Crippen molar-refractivity contribution in [3.8, 4) is 11.5 Å². The number of ether oxygens (including phenoxy) is 1. The number of rotatable bonds is 9. The van der Waals surface area contributed by atoms with Gasteiger partial charge >= 0.3 is 0 Å². The minimum Gasteiger partial charge on any atom is -0.444 e. The molecule has 1 amide bonds. The highest BCUT2D eigenvalue weighted by Crippen LogP contribution is 2.21. The number of anilines is 2. The van der Waals surface area contributed by atoms with Gasteiger partial charge in [0.15, 0.2) is 17.2 Å². The van der Waals surface area contributed by atoms with E-state index >= 15 is 0 Å². The molecule has 0 aromatic carbocycles. The lowest BCUT2D eigenvalue weighted by atomic mass is 10.2. The van der Waals surface area contributed by atoms with E-state index in [0.717, 1.165) is 5.12 Å². The van der Waals surface area contributed by atoms with Crippen molar-refractivity contribution in [1.29, 1.82) is 0 Å². The van der Waals surface area contributed by atoms with Gasteiger partial charge in [-0.2, -0.15) is 5.10 Å². The first-order chi connectivity index (χ1) is 14.9. The molecule has 13 heteroatoms. The summed E-state index contributed by atoms with van der Waals surface area (Å²) in [5, 5.41) is 15.0. The standard InChI is InChI=1S/C18H24N10O3/c1-27-9-12(15(25-27)16(19)26-28(2)20)23-17(29)13-10-31-18(24-13)11-4-5-21-14(8-11)22-6-7-30-3/h4-5,8-10H,6-7,20H2,1-3H3,(H2,19,26)(H,21,22)(H,23,29). The zero-order valence-corrected chi connectivity index (χ0v) is 17.4. The highest BCUT2D eigenvalue weighted by atomic mass is 16.5. The number of oxazole rings is 1.